The number of hydrogen-bond donors (Lipinski definition) is 0. The van der Waals surface area contributed by atoms with Crippen molar-refractivity contribution in [3.05, 3.63) is 70.2 Å². The number of carbonyl (C=O) groups is 3. The second kappa shape index (κ2) is 9.65. The zero-order chi connectivity index (χ0) is 25.3. The van der Waals surface area contributed by atoms with Crippen molar-refractivity contribution < 1.29 is 40.7 Å². The molecular weight excluding hydrogens is 490 g/mol. The molecule has 0 spiro atoms. The van der Waals surface area contributed by atoms with Gasteiger partial charge in [-0.25, -0.2) is 31.1 Å². The first-order chi connectivity index (χ1) is 15.8. The molecule has 0 unspecified atom stereocenters. The molecule has 0 N–H and O–H groups in total. The van der Waals surface area contributed by atoms with Crippen molar-refractivity contribution in [2.24, 2.45) is 0 Å². The van der Waals surface area contributed by atoms with Crippen LogP contribution in [0.15, 0.2) is 42.5 Å². The first-order valence-corrected chi connectivity index (χ1v) is 10.3. The number of alkyl halides is 4. The number of hydrogen-bond acceptors (Lipinski definition) is 3. The molecule has 0 atom stereocenters. The summed E-state index contributed by atoms with van der Waals surface area (Å²) in [5, 5.41) is 0.227. The van der Waals surface area contributed by atoms with Crippen LogP contribution in [0.1, 0.15) is 30.4 Å². The Balaban J connectivity index is 1.70. The Bertz CT molecular complexity index is 1110. The van der Waals surface area contributed by atoms with Crippen molar-refractivity contribution in [3.63, 3.8) is 0 Å². The lowest BCUT2D eigenvalue weighted by Crippen LogP contribution is -2.56. The Morgan fingerprint density at radius 3 is 1.88 bits per heavy atom. The number of amides is 4. The molecule has 0 radical (unpaired) electrons. The minimum Gasteiger partial charge on any atom is -0.274 e. The Kier molecular flexibility index (Phi) is 7.25. The van der Waals surface area contributed by atoms with E-state index in [2.05, 4.69) is 0 Å². The van der Waals surface area contributed by atoms with E-state index >= 15 is 0 Å². The topological polar surface area (TPSA) is 57.7 Å². The lowest BCUT2D eigenvalue weighted by Gasteiger charge is -2.34. The van der Waals surface area contributed by atoms with Gasteiger partial charge in [0.25, 0.3) is 11.8 Å². The Morgan fingerprint density at radius 2 is 1.32 bits per heavy atom. The molecule has 0 aliphatic carbocycles. The fourth-order valence-corrected chi connectivity index (χ4v) is 3.51. The van der Waals surface area contributed by atoms with Crippen LogP contribution in [0.2, 0.25) is 5.02 Å². The summed E-state index contributed by atoms with van der Waals surface area (Å²) in [6.45, 7) is -1.73. The molecule has 2 aromatic rings. The van der Waals surface area contributed by atoms with Crippen molar-refractivity contribution >= 4 is 29.4 Å². The van der Waals surface area contributed by atoms with Gasteiger partial charge in [0.15, 0.2) is 11.6 Å². The van der Waals surface area contributed by atoms with E-state index in [0.717, 1.165) is 18.2 Å². The van der Waals surface area contributed by atoms with E-state index in [9.17, 15) is 40.7 Å². The molecule has 0 saturated carbocycles. The summed E-state index contributed by atoms with van der Waals surface area (Å²) in [6, 6.07) is 5.47. The third kappa shape index (κ3) is 5.35. The van der Waals surface area contributed by atoms with Gasteiger partial charge in [0, 0.05) is 36.5 Å². The molecule has 5 nitrogen and oxygen atoms in total. The van der Waals surface area contributed by atoms with Crippen LogP contribution in [-0.4, -0.2) is 40.7 Å². The molecule has 1 aliphatic heterocycles. The maximum atomic E-state index is 14.5. The van der Waals surface area contributed by atoms with Gasteiger partial charge < -0.3 is 0 Å². The zero-order valence-electron chi connectivity index (χ0n) is 17.3. The van der Waals surface area contributed by atoms with Gasteiger partial charge in [-0.2, -0.15) is 0 Å². The summed E-state index contributed by atoms with van der Waals surface area (Å²) in [5.74, 6) is -12.8. The average molecular weight is 507 g/mol. The smallest absolute Gasteiger partial charge is 0.274 e. The molecule has 0 aromatic heterocycles. The SMILES string of the molecule is O=C1CC(=O)N(CCC(F)(F)c2cccc(F)c2F)C(=O)N1CCC(F)(F)c1ccc(Cl)cc1. The predicted octanol–water partition coefficient (Wildman–Crippen LogP) is 5.46. The molecule has 1 heterocycles. The highest BCUT2D eigenvalue weighted by Crippen LogP contribution is 2.35. The van der Waals surface area contributed by atoms with Gasteiger partial charge in [-0.05, 0) is 24.3 Å². The number of nitrogens with zero attached hydrogens (tertiary/aromatic N) is 2. The summed E-state index contributed by atoms with van der Waals surface area (Å²) in [4.78, 5) is 37.5. The largest absolute Gasteiger partial charge is 0.333 e. The van der Waals surface area contributed by atoms with E-state index in [0.29, 0.717) is 21.9 Å². The van der Waals surface area contributed by atoms with E-state index in [4.69, 9.17) is 11.6 Å². The van der Waals surface area contributed by atoms with Crippen molar-refractivity contribution in [1.29, 1.82) is 0 Å². The van der Waals surface area contributed by atoms with Crippen molar-refractivity contribution in [3.8, 4) is 0 Å². The lowest BCUT2D eigenvalue weighted by molar-refractivity contribution is -0.143. The number of urea groups is 1. The summed E-state index contributed by atoms with van der Waals surface area (Å²) >= 11 is 5.67. The Morgan fingerprint density at radius 1 is 0.794 bits per heavy atom. The molecule has 3 rings (SSSR count). The van der Waals surface area contributed by atoms with Gasteiger partial charge in [0.05, 0.1) is 5.56 Å². The van der Waals surface area contributed by atoms with Crippen molar-refractivity contribution in [2.75, 3.05) is 13.1 Å². The first kappa shape index (κ1) is 25.5. The van der Waals surface area contributed by atoms with E-state index < -0.39 is 84.8 Å². The second-order valence-corrected chi connectivity index (χ2v) is 8.00. The molecule has 34 heavy (non-hydrogen) atoms. The molecule has 1 fully saturated rings. The number of imide groups is 2. The van der Waals surface area contributed by atoms with Gasteiger partial charge in [-0.1, -0.05) is 29.8 Å². The van der Waals surface area contributed by atoms with E-state index in [1.807, 2.05) is 0 Å². The van der Waals surface area contributed by atoms with Crippen LogP contribution < -0.4 is 0 Å². The average Bonchev–Trinajstić information content (AvgIpc) is 2.75. The number of barbiturate groups is 1. The van der Waals surface area contributed by atoms with Gasteiger partial charge in [-0.3, -0.25) is 19.4 Å². The van der Waals surface area contributed by atoms with Crippen LogP contribution in [0.25, 0.3) is 0 Å². The standard InChI is InChI=1S/C22H17ClF6N2O3/c23-14-6-4-13(5-7-14)21(26,27)8-10-30-17(32)12-18(33)31(20(30)34)11-9-22(28,29)15-2-1-3-16(24)19(15)25/h1-7H,8-12H2. The van der Waals surface area contributed by atoms with E-state index in [1.54, 1.807) is 0 Å². The van der Waals surface area contributed by atoms with Crippen LogP contribution in [0.3, 0.4) is 0 Å². The van der Waals surface area contributed by atoms with Gasteiger partial charge >= 0.3 is 6.03 Å². The van der Waals surface area contributed by atoms with Crippen molar-refractivity contribution in [2.45, 2.75) is 31.1 Å². The maximum absolute atomic E-state index is 14.5. The predicted molar refractivity (Wildman–Crippen MR) is 108 cm³/mol. The quantitative estimate of drug-likeness (QED) is 0.353. The number of carbonyl (C=O) groups excluding carboxylic acids is 3. The van der Waals surface area contributed by atoms with Gasteiger partial charge in [-0.15, -0.1) is 0 Å². The fourth-order valence-electron chi connectivity index (χ4n) is 3.38. The fraction of sp³-hybridized carbons (Fsp3) is 0.318. The van der Waals surface area contributed by atoms with Gasteiger partial charge in [0.2, 0.25) is 11.8 Å². The molecule has 4 amide bonds. The van der Waals surface area contributed by atoms with Crippen LogP contribution >= 0.6 is 11.6 Å². The number of benzene rings is 2. The number of rotatable bonds is 8. The maximum Gasteiger partial charge on any atom is 0.333 e. The summed E-state index contributed by atoms with van der Waals surface area (Å²) in [6.07, 6.45) is -3.15. The summed E-state index contributed by atoms with van der Waals surface area (Å²) < 4.78 is 85.0. The highest BCUT2D eigenvalue weighted by atomic mass is 35.5. The second-order valence-electron chi connectivity index (χ2n) is 7.57. The van der Waals surface area contributed by atoms with E-state index in [1.165, 1.54) is 12.1 Å². The summed E-state index contributed by atoms with van der Waals surface area (Å²) in [5.41, 5.74) is -1.68. The number of halogens is 7. The minimum absolute atomic E-state index is 0.227. The van der Waals surface area contributed by atoms with Gasteiger partial charge in [0.1, 0.15) is 6.42 Å². The Labute approximate surface area is 194 Å². The monoisotopic (exact) mass is 506 g/mol. The third-order valence-electron chi connectivity index (χ3n) is 5.28. The lowest BCUT2D eigenvalue weighted by atomic mass is 10.0. The van der Waals surface area contributed by atoms with Crippen LogP contribution in [0.4, 0.5) is 31.1 Å². The molecular formula is C22H17ClF6N2O3. The third-order valence-corrected chi connectivity index (χ3v) is 5.53. The first-order valence-electron chi connectivity index (χ1n) is 9.94. The van der Waals surface area contributed by atoms with Crippen LogP contribution in [0.5, 0.6) is 0 Å². The summed E-state index contributed by atoms with van der Waals surface area (Å²) in [7, 11) is 0. The van der Waals surface area contributed by atoms with E-state index in [-0.39, 0.29) is 5.02 Å². The Hall–Kier alpha value is -3.08. The van der Waals surface area contributed by atoms with Crippen LogP contribution in [0, 0.1) is 11.6 Å². The molecule has 182 valence electrons. The highest BCUT2D eigenvalue weighted by molar-refractivity contribution is 6.30. The molecule has 2 aromatic carbocycles. The van der Waals surface area contributed by atoms with Crippen LogP contribution in [-0.2, 0) is 21.4 Å². The molecule has 12 heteroatoms. The minimum atomic E-state index is -3.96. The molecule has 0 bridgehead atoms. The highest BCUT2D eigenvalue weighted by Gasteiger charge is 2.43. The normalized spacial score (nSPS) is 15.3. The molecule has 1 aliphatic rings. The van der Waals surface area contributed by atoms with Crippen molar-refractivity contribution in [1.82, 2.24) is 9.80 Å². The molecule has 1 saturated heterocycles. The zero-order valence-corrected chi connectivity index (χ0v) is 18.1.